The summed E-state index contributed by atoms with van der Waals surface area (Å²) < 4.78 is 18.7. The lowest BCUT2D eigenvalue weighted by molar-refractivity contribution is 0.136. The van der Waals surface area contributed by atoms with Gasteiger partial charge >= 0.3 is 6.09 Å². The van der Waals surface area contributed by atoms with Gasteiger partial charge in [0.25, 0.3) is 0 Å². The smallest absolute Gasteiger partial charge is 0.408 e. The number of amides is 1. The number of alkyl carbamates (subject to hydrolysis) is 1. The molecule has 6 heteroatoms. The highest BCUT2D eigenvalue weighted by Crippen LogP contribution is 2.28. The molecule has 0 bridgehead atoms. The maximum Gasteiger partial charge on any atom is 0.408 e. The van der Waals surface area contributed by atoms with E-state index in [0.717, 1.165) is 11.3 Å². The van der Waals surface area contributed by atoms with Crippen LogP contribution in [0, 0.1) is 5.82 Å². The molecule has 2 heterocycles. The standard InChI is InChI=1S/C19H16FN3O2/c1-21-12-14(16-7-2-3-10-22-16)8-9-17-18(25-19(24)23-17)13-5-4-6-15(20)11-13/h2-12,17-18H,1H2,(H,23,24)/b9-8+,14-12+/t17-,18-/m1/s1. The van der Waals surface area contributed by atoms with E-state index in [9.17, 15) is 9.18 Å². The van der Waals surface area contributed by atoms with Crippen molar-refractivity contribution in [2.24, 2.45) is 4.99 Å². The van der Waals surface area contributed by atoms with E-state index in [-0.39, 0.29) is 5.82 Å². The van der Waals surface area contributed by atoms with E-state index in [0.29, 0.717) is 5.56 Å². The molecule has 1 amide bonds. The number of nitrogens with one attached hydrogen (secondary N) is 1. The fourth-order valence-electron chi connectivity index (χ4n) is 2.58. The average Bonchev–Trinajstić information content (AvgIpc) is 3.00. The molecule has 1 aromatic carbocycles. The van der Waals surface area contributed by atoms with Gasteiger partial charge in [0.2, 0.25) is 0 Å². The molecule has 1 N–H and O–H groups in total. The molecular weight excluding hydrogens is 321 g/mol. The Morgan fingerprint density at radius 3 is 2.92 bits per heavy atom. The zero-order valence-electron chi connectivity index (χ0n) is 13.3. The number of ether oxygens (including phenoxy) is 1. The minimum Gasteiger partial charge on any atom is -0.439 e. The summed E-state index contributed by atoms with van der Waals surface area (Å²) in [6.07, 6.45) is 5.65. The van der Waals surface area contributed by atoms with Gasteiger partial charge in [-0.3, -0.25) is 9.98 Å². The topological polar surface area (TPSA) is 63.6 Å². The predicted molar refractivity (Wildman–Crippen MR) is 93.4 cm³/mol. The first-order valence-electron chi connectivity index (χ1n) is 7.65. The number of carbonyl (C=O) groups is 1. The minimum atomic E-state index is -0.610. The molecule has 25 heavy (non-hydrogen) atoms. The van der Waals surface area contributed by atoms with Crippen molar-refractivity contribution in [3.63, 3.8) is 0 Å². The van der Waals surface area contributed by atoms with Gasteiger partial charge in [-0.1, -0.05) is 30.4 Å². The van der Waals surface area contributed by atoms with Crippen molar-refractivity contribution in [1.82, 2.24) is 10.3 Å². The molecule has 1 aliphatic rings. The van der Waals surface area contributed by atoms with Gasteiger partial charge in [-0.25, -0.2) is 9.18 Å². The number of hydrogen-bond donors (Lipinski definition) is 1. The molecule has 2 atom stereocenters. The zero-order valence-corrected chi connectivity index (χ0v) is 13.3. The molecule has 5 nitrogen and oxygen atoms in total. The summed E-state index contributed by atoms with van der Waals surface area (Å²) >= 11 is 0. The first kappa shape index (κ1) is 16.6. The number of carbonyl (C=O) groups excluding carboxylic acids is 1. The second-order valence-electron chi connectivity index (χ2n) is 5.39. The summed E-state index contributed by atoms with van der Waals surface area (Å²) in [6.45, 7) is 3.47. The fourth-order valence-corrected chi connectivity index (χ4v) is 2.58. The van der Waals surface area contributed by atoms with E-state index in [1.807, 2.05) is 18.2 Å². The summed E-state index contributed by atoms with van der Waals surface area (Å²) in [4.78, 5) is 19.7. The number of cyclic esters (lactones) is 1. The van der Waals surface area contributed by atoms with Crippen molar-refractivity contribution in [2.45, 2.75) is 12.1 Å². The molecule has 1 aliphatic heterocycles. The predicted octanol–water partition coefficient (Wildman–Crippen LogP) is 3.67. The molecule has 1 saturated heterocycles. The van der Waals surface area contributed by atoms with Crippen molar-refractivity contribution in [2.75, 3.05) is 0 Å². The number of rotatable bonds is 5. The maximum atomic E-state index is 13.5. The number of hydrogen-bond acceptors (Lipinski definition) is 4. The lowest BCUT2D eigenvalue weighted by atomic mass is 10.0. The maximum absolute atomic E-state index is 13.5. The number of aromatic nitrogens is 1. The van der Waals surface area contributed by atoms with Gasteiger partial charge in [0.15, 0.2) is 6.10 Å². The summed E-state index contributed by atoms with van der Waals surface area (Å²) in [5.41, 5.74) is 2.03. The molecule has 0 unspecified atom stereocenters. The number of halogens is 1. The average molecular weight is 337 g/mol. The molecule has 3 rings (SSSR count). The van der Waals surface area contributed by atoms with Crippen LogP contribution in [0.15, 0.2) is 72.0 Å². The SMILES string of the molecule is C=N/C=C(\C=C\[C@H]1NC(=O)O[C@@H]1c1cccc(F)c1)c1ccccn1. The van der Waals surface area contributed by atoms with Crippen molar-refractivity contribution in [3.8, 4) is 0 Å². The van der Waals surface area contributed by atoms with Crippen LogP contribution in [0.5, 0.6) is 0 Å². The van der Waals surface area contributed by atoms with E-state index in [4.69, 9.17) is 4.74 Å². The molecule has 1 fully saturated rings. The van der Waals surface area contributed by atoms with E-state index >= 15 is 0 Å². The summed E-state index contributed by atoms with van der Waals surface area (Å²) in [6, 6.07) is 11.1. The van der Waals surface area contributed by atoms with Crippen LogP contribution in [0.2, 0.25) is 0 Å². The summed E-state index contributed by atoms with van der Waals surface area (Å²) in [5, 5.41) is 2.71. The fraction of sp³-hybridized carbons (Fsp3) is 0.105. The number of allylic oxidation sites excluding steroid dienone is 2. The van der Waals surface area contributed by atoms with Gasteiger partial charge in [-0.2, -0.15) is 0 Å². The Morgan fingerprint density at radius 1 is 1.32 bits per heavy atom. The first-order chi connectivity index (χ1) is 12.2. The van der Waals surface area contributed by atoms with Crippen LogP contribution < -0.4 is 5.32 Å². The molecule has 0 saturated carbocycles. The Kier molecular flexibility index (Phi) is 4.99. The van der Waals surface area contributed by atoms with E-state index in [2.05, 4.69) is 22.0 Å². The summed E-state index contributed by atoms with van der Waals surface area (Å²) in [5.74, 6) is -0.381. The molecule has 0 aliphatic carbocycles. The van der Waals surface area contributed by atoms with Crippen LogP contribution in [0.25, 0.3) is 5.57 Å². The zero-order chi connectivity index (χ0) is 17.6. The molecule has 0 spiro atoms. The van der Waals surface area contributed by atoms with Gasteiger partial charge < -0.3 is 10.1 Å². The van der Waals surface area contributed by atoms with Crippen LogP contribution in [0.1, 0.15) is 17.4 Å². The molecule has 126 valence electrons. The van der Waals surface area contributed by atoms with E-state index < -0.39 is 18.2 Å². The van der Waals surface area contributed by atoms with Gasteiger partial charge in [-0.15, -0.1) is 0 Å². The second-order valence-corrected chi connectivity index (χ2v) is 5.39. The van der Waals surface area contributed by atoms with Crippen molar-refractivity contribution >= 4 is 18.4 Å². The van der Waals surface area contributed by atoms with Gasteiger partial charge in [0.05, 0.1) is 11.7 Å². The Bertz CT molecular complexity index is 834. The van der Waals surface area contributed by atoms with Crippen LogP contribution in [0.4, 0.5) is 9.18 Å². The third-order valence-electron chi connectivity index (χ3n) is 3.70. The van der Waals surface area contributed by atoms with Gasteiger partial charge in [0, 0.05) is 18.0 Å². The third kappa shape index (κ3) is 3.98. The molecule has 1 aromatic heterocycles. The lowest BCUT2D eigenvalue weighted by Gasteiger charge is -2.14. The van der Waals surface area contributed by atoms with Gasteiger partial charge in [0.1, 0.15) is 5.82 Å². The first-order valence-corrected chi connectivity index (χ1v) is 7.65. The minimum absolute atomic E-state index is 0.381. The highest BCUT2D eigenvalue weighted by molar-refractivity contribution is 5.74. The molecule has 0 radical (unpaired) electrons. The number of nitrogens with zero attached hydrogens (tertiary/aromatic N) is 2. The largest absolute Gasteiger partial charge is 0.439 e. The highest BCUT2D eigenvalue weighted by Gasteiger charge is 2.33. The third-order valence-corrected chi connectivity index (χ3v) is 3.70. The quantitative estimate of drug-likeness (QED) is 0.669. The van der Waals surface area contributed by atoms with Crippen LogP contribution in [-0.4, -0.2) is 23.8 Å². The normalized spacial score (nSPS) is 20.4. The van der Waals surface area contributed by atoms with E-state index in [1.54, 1.807) is 36.7 Å². The van der Waals surface area contributed by atoms with Crippen LogP contribution in [-0.2, 0) is 4.74 Å². The Balaban J connectivity index is 1.86. The van der Waals surface area contributed by atoms with Gasteiger partial charge in [-0.05, 0) is 36.5 Å². The number of aliphatic imine (C=N–C) groups is 1. The lowest BCUT2D eigenvalue weighted by Crippen LogP contribution is -2.25. The van der Waals surface area contributed by atoms with E-state index in [1.165, 1.54) is 12.1 Å². The summed E-state index contributed by atoms with van der Waals surface area (Å²) in [7, 11) is 0. The Morgan fingerprint density at radius 2 is 2.20 bits per heavy atom. The molecule has 2 aromatic rings. The van der Waals surface area contributed by atoms with Crippen LogP contribution in [0.3, 0.4) is 0 Å². The van der Waals surface area contributed by atoms with Crippen LogP contribution >= 0.6 is 0 Å². The molecular formula is C19H16FN3O2. The number of benzene rings is 1. The number of pyridine rings is 1. The Hall–Kier alpha value is -3.28. The highest BCUT2D eigenvalue weighted by atomic mass is 19.1. The second kappa shape index (κ2) is 7.53. The van der Waals surface area contributed by atoms with Crippen molar-refractivity contribution < 1.29 is 13.9 Å². The van der Waals surface area contributed by atoms with Crippen molar-refractivity contribution in [1.29, 1.82) is 0 Å². The monoisotopic (exact) mass is 337 g/mol. The Labute approximate surface area is 144 Å². The van der Waals surface area contributed by atoms with Crippen molar-refractivity contribution in [3.05, 3.63) is 84.1 Å².